The van der Waals surface area contributed by atoms with Crippen molar-refractivity contribution in [1.82, 2.24) is 9.62 Å². The van der Waals surface area contributed by atoms with Crippen LogP contribution in [0.25, 0.3) is 0 Å². The number of rotatable bonds is 4. The van der Waals surface area contributed by atoms with E-state index in [0.29, 0.717) is 18.7 Å². The normalized spacial score (nSPS) is 25.8. The Morgan fingerprint density at radius 2 is 1.64 bits per heavy atom. The summed E-state index contributed by atoms with van der Waals surface area (Å²) in [5.41, 5.74) is 0.495. The van der Waals surface area contributed by atoms with Crippen molar-refractivity contribution in [3.8, 4) is 0 Å². The predicted octanol–water partition coefficient (Wildman–Crippen LogP) is 2.16. The van der Waals surface area contributed by atoms with Crippen molar-refractivity contribution in [2.45, 2.75) is 62.7 Å². The number of hydrogen-bond donors (Lipinski definition) is 1. The molecule has 1 saturated carbocycles. The van der Waals surface area contributed by atoms with Crippen LogP contribution in [0.5, 0.6) is 0 Å². The highest BCUT2D eigenvalue weighted by molar-refractivity contribution is 7.89. The molecule has 2 fully saturated rings. The van der Waals surface area contributed by atoms with Crippen LogP contribution in [0.1, 0.15) is 49.9 Å². The molecular weight excluding hydrogens is 340 g/mol. The molecule has 1 heterocycles. The van der Waals surface area contributed by atoms with Gasteiger partial charge >= 0.3 is 0 Å². The number of amides is 1. The fourth-order valence-electron chi connectivity index (χ4n) is 3.59. The van der Waals surface area contributed by atoms with Gasteiger partial charge in [0.05, 0.1) is 17.1 Å². The van der Waals surface area contributed by atoms with Gasteiger partial charge < -0.3 is 10.1 Å². The summed E-state index contributed by atoms with van der Waals surface area (Å²) in [6.45, 7) is 4.43. The Morgan fingerprint density at radius 1 is 1.08 bits per heavy atom. The van der Waals surface area contributed by atoms with E-state index in [-0.39, 0.29) is 29.1 Å². The number of ether oxygens (including phenoxy) is 1. The quantitative estimate of drug-likeness (QED) is 0.886. The van der Waals surface area contributed by atoms with Crippen molar-refractivity contribution in [2.75, 3.05) is 13.1 Å². The minimum absolute atomic E-state index is 0.130. The van der Waals surface area contributed by atoms with Gasteiger partial charge in [-0.3, -0.25) is 4.79 Å². The fourth-order valence-corrected chi connectivity index (χ4v) is 5.18. The number of benzene rings is 1. The zero-order valence-electron chi connectivity index (χ0n) is 14.8. The van der Waals surface area contributed by atoms with Crippen LogP contribution in [0.2, 0.25) is 0 Å². The minimum atomic E-state index is -3.57. The van der Waals surface area contributed by atoms with Crippen LogP contribution in [0.15, 0.2) is 29.2 Å². The Hall–Kier alpha value is -1.44. The summed E-state index contributed by atoms with van der Waals surface area (Å²) in [6, 6.07) is 6.45. The Balaban J connectivity index is 1.71. The van der Waals surface area contributed by atoms with E-state index >= 15 is 0 Å². The molecular formula is C18H26N2O4S. The molecule has 2 aliphatic rings. The second-order valence-corrected chi connectivity index (χ2v) is 9.00. The number of nitrogens with one attached hydrogen (secondary N) is 1. The van der Waals surface area contributed by atoms with Gasteiger partial charge in [-0.25, -0.2) is 8.42 Å². The third kappa shape index (κ3) is 4.22. The van der Waals surface area contributed by atoms with E-state index in [1.165, 1.54) is 16.4 Å². The number of morpholine rings is 1. The average Bonchev–Trinajstić information content (AvgIpc) is 3.07. The number of carbonyl (C=O) groups excluding carboxylic acids is 1. The minimum Gasteiger partial charge on any atom is -0.373 e. The lowest BCUT2D eigenvalue weighted by Gasteiger charge is -2.34. The first-order chi connectivity index (χ1) is 11.9. The molecule has 1 aliphatic heterocycles. The molecule has 7 heteroatoms. The molecule has 1 aromatic carbocycles. The van der Waals surface area contributed by atoms with Gasteiger partial charge in [-0.1, -0.05) is 12.8 Å². The van der Waals surface area contributed by atoms with Crippen LogP contribution in [-0.4, -0.2) is 50.0 Å². The van der Waals surface area contributed by atoms with E-state index in [1.807, 2.05) is 13.8 Å². The van der Waals surface area contributed by atoms with E-state index in [9.17, 15) is 13.2 Å². The first-order valence-corrected chi connectivity index (χ1v) is 10.4. The maximum Gasteiger partial charge on any atom is 0.251 e. The van der Waals surface area contributed by atoms with Gasteiger partial charge in [-0.05, 0) is 51.0 Å². The fraction of sp³-hybridized carbons (Fsp3) is 0.611. The van der Waals surface area contributed by atoms with Crippen molar-refractivity contribution >= 4 is 15.9 Å². The predicted molar refractivity (Wildman–Crippen MR) is 94.9 cm³/mol. The zero-order chi connectivity index (χ0) is 18.0. The summed E-state index contributed by atoms with van der Waals surface area (Å²) < 4.78 is 32.7. The van der Waals surface area contributed by atoms with E-state index in [1.54, 1.807) is 12.1 Å². The highest BCUT2D eigenvalue weighted by Crippen LogP contribution is 2.22. The van der Waals surface area contributed by atoms with E-state index in [0.717, 1.165) is 25.7 Å². The highest BCUT2D eigenvalue weighted by atomic mass is 32.2. The van der Waals surface area contributed by atoms with Gasteiger partial charge in [-0.15, -0.1) is 0 Å². The van der Waals surface area contributed by atoms with Gasteiger partial charge in [0.1, 0.15) is 0 Å². The van der Waals surface area contributed by atoms with E-state index < -0.39 is 10.0 Å². The molecule has 1 aliphatic carbocycles. The molecule has 6 nitrogen and oxygen atoms in total. The lowest BCUT2D eigenvalue weighted by molar-refractivity contribution is -0.0440. The summed E-state index contributed by atoms with van der Waals surface area (Å²) in [7, 11) is -3.57. The molecule has 25 heavy (non-hydrogen) atoms. The van der Waals surface area contributed by atoms with Crippen molar-refractivity contribution in [3.63, 3.8) is 0 Å². The lowest BCUT2D eigenvalue weighted by atomic mass is 10.2. The van der Waals surface area contributed by atoms with Gasteiger partial charge in [0.2, 0.25) is 10.0 Å². The molecule has 3 rings (SSSR count). The Labute approximate surface area is 149 Å². The van der Waals surface area contributed by atoms with Crippen molar-refractivity contribution in [2.24, 2.45) is 0 Å². The number of sulfonamides is 1. The molecule has 0 spiro atoms. The number of nitrogens with zero attached hydrogens (tertiary/aromatic N) is 1. The largest absolute Gasteiger partial charge is 0.373 e. The maximum absolute atomic E-state index is 12.8. The second kappa shape index (κ2) is 7.43. The summed E-state index contributed by atoms with van der Waals surface area (Å²) in [5, 5.41) is 3.01. The molecule has 1 saturated heterocycles. The van der Waals surface area contributed by atoms with Crippen LogP contribution in [0, 0.1) is 0 Å². The van der Waals surface area contributed by atoms with E-state index in [4.69, 9.17) is 4.74 Å². The SMILES string of the molecule is C[C@H]1CN(S(=O)(=O)c2ccc(C(=O)NC3CCCC3)cc2)C[C@H](C)O1. The van der Waals surface area contributed by atoms with Crippen LogP contribution in [0.4, 0.5) is 0 Å². The van der Waals surface area contributed by atoms with Crippen LogP contribution in [0.3, 0.4) is 0 Å². The first kappa shape index (κ1) is 18.4. The number of hydrogen-bond acceptors (Lipinski definition) is 4. The monoisotopic (exact) mass is 366 g/mol. The Bertz CT molecular complexity index is 701. The topological polar surface area (TPSA) is 75.7 Å². The highest BCUT2D eigenvalue weighted by Gasteiger charge is 2.32. The van der Waals surface area contributed by atoms with Crippen LogP contribution in [-0.2, 0) is 14.8 Å². The molecule has 0 radical (unpaired) electrons. The van der Waals surface area contributed by atoms with Crippen molar-refractivity contribution in [3.05, 3.63) is 29.8 Å². The molecule has 0 bridgehead atoms. The van der Waals surface area contributed by atoms with Gasteiger partial charge in [-0.2, -0.15) is 4.31 Å². The van der Waals surface area contributed by atoms with Crippen LogP contribution < -0.4 is 5.32 Å². The summed E-state index contributed by atoms with van der Waals surface area (Å²) >= 11 is 0. The van der Waals surface area contributed by atoms with E-state index in [2.05, 4.69) is 5.32 Å². The molecule has 0 aromatic heterocycles. The summed E-state index contributed by atoms with van der Waals surface area (Å²) in [4.78, 5) is 12.5. The molecule has 138 valence electrons. The molecule has 1 amide bonds. The molecule has 1 aromatic rings. The summed E-state index contributed by atoms with van der Waals surface area (Å²) in [5.74, 6) is -0.135. The van der Waals surface area contributed by atoms with Crippen molar-refractivity contribution in [1.29, 1.82) is 0 Å². The zero-order valence-corrected chi connectivity index (χ0v) is 15.6. The average molecular weight is 366 g/mol. The van der Waals surface area contributed by atoms with Crippen molar-refractivity contribution < 1.29 is 17.9 Å². The Morgan fingerprint density at radius 3 is 2.20 bits per heavy atom. The van der Waals surface area contributed by atoms with Gasteiger partial charge in [0, 0.05) is 24.7 Å². The first-order valence-electron chi connectivity index (χ1n) is 8.93. The van der Waals surface area contributed by atoms with Gasteiger partial charge in [0.25, 0.3) is 5.91 Å². The number of carbonyl (C=O) groups is 1. The standard InChI is InChI=1S/C18H26N2O4S/c1-13-11-20(12-14(2)24-13)25(22,23)17-9-7-15(8-10-17)18(21)19-16-5-3-4-6-16/h7-10,13-14,16H,3-6,11-12H2,1-2H3,(H,19,21)/t13-,14-/m0/s1. The Kier molecular flexibility index (Phi) is 5.46. The molecule has 0 unspecified atom stereocenters. The molecule has 2 atom stereocenters. The molecule has 1 N–H and O–H groups in total. The van der Waals surface area contributed by atoms with Gasteiger partial charge in [0.15, 0.2) is 0 Å². The maximum atomic E-state index is 12.8. The third-order valence-electron chi connectivity index (χ3n) is 4.83. The summed E-state index contributed by atoms with van der Waals surface area (Å²) in [6.07, 6.45) is 4.08. The smallest absolute Gasteiger partial charge is 0.251 e. The van der Waals surface area contributed by atoms with Crippen LogP contribution >= 0.6 is 0 Å². The lowest BCUT2D eigenvalue weighted by Crippen LogP contribution is -2.48. The third-order valence-corrected chi connectivity index (χ3v) is 6.68. The second-order valence-electron chi connectivity index (χ2n) is 7.06.